The first-order valence-corrected chi connectivity index (χ1v) is 10.3. The zero-order valence-corrected chi connectivity index (χ0v) is 18.1. The van der Waals surface area contributed by atoms with Crippen LogP contribution in [-0.4, -0.2) is 33.2 Å². The van der Waals surface area contributed by atoms with Crippen molar-refractivity contribution in [2.24, 2.45) is 0 Å². The van der Waals surface area contributed by atoms with E-state index >= 15 is 0 Å². The Balaban J connectivity index is 1.71. The van der Waals surface area contributed by atoms with E-state index in [0.29, 0.717) is 33.4 Å². The van der Waals surface area contributed by atoms with Crippen LogP contribution in [-0.2, 0) is 5.60 Å². The number of hydrogen-bond acceptors (Lipinski definition) is 3. The van der Waals surface area contributed by atoms with E-state index in [0.717, 1.165) is 0 Å². The summed E-state index contributed by atoms with van der Waals surface area (Å²) in [6.45, 7) is 1.64. The third-order valence-corrected chi connectivity index (χ3v) is 6.13. The van der Waals surface area contributed by atoms with E-state index in [9.17, 15) is 22.7 Å². The molecule has 0 radical (unpaired) electrons. The molecule has 174 valence electrons. The fourth-order valence-corrected chi connectivity index (χ4v) is 4.41. The van der Waals surface area contributed by atoms with Gasteiger partial charge in [-0.3, -0.25) is 0 Å². The second-order valence-electron chi connectivity index (χ2n) is 8.03. The van der Waals surface area contributed by atoms with E-state index < -0.39 is 17.6 Å². The minimum absolute atomic E-state index is 0.237. The van der Waals surface area contributed by atoms with Gasteiger partial charge in [0.1, 0.15) is 11.6 Å². The monoisotopic (exact) mass is 469 g/mol. The van der Waals surface area contributed by atoms with Gasteiger partial charge in [0.2, 0.25) is 5.60 Å². The Morgan fingerprint density at radius 2 is 1.76 bits per heavy atom. The summed E-state index contributed by atoms with van der Waals surface area (Å²) in [6.07, 6.45) is -2.45. The molecule has 1 atom stereocenters. The van der Waals surface area contributed by atoms with Crippen molar-refractivity contribution in [2.45, 2.75) is 18.7 Å². The number of nitrogens with zero attached hydrogens (tertiary/aromatic N) is 2. The van der Waals surface area contributed by atoms with E-state index in [-0.39, 0.29) is 16.5 Å². The second kappa shape index (κ2) is 7.59. The molecule has 0 bridgehead atoms. The van der Waals surface area contributed by atoms with Gasteiger partial charge >= 0.3 is 6.18 Å². The van der Waals surface area contributed by atoms with Crippen LogP contribution in [0.1, 0.15) is 16.7 Å². The van der Waals surface area contributed by atoms with Crippen LogP contribution in [0.2, 0.25) is 0 Å². The molecule has 0 amide bonds. The lowest BCUT2D eigenvalue weighted by Crippen LogP contribution is -2.43. The number of fused-ring (bicyclic) bond motifs is 2. The highest BCUT2D eigenvalue weighted by Crippen LogP contribution is 2.48. The zero-order chi connectivity index (χ0) is 24.3. The van der Waals surface area contributed by atoms with E-state index in [4.69, 9.17) is 4.74 Å². The molecule has 0 spiro atoms. The van der Waals surface area contributed by atoms with Crippen LogP contribution in [0.25, 0.3) is 27.5 Å². The molecule has 1 unspecified atom stereocenters. The van der Waals surface area contributed by atoms with E-state index in [1.54, 1.807) is 19.1 Å². The summed E-state index contributed by atoms with van der Waals surface area (Å²) in [5.41, 5.74) is -1.99. The van der Waals surface area contributed by atoms with Gasteiger partial charge in [-0.2, -0.15) is 18.3 Å². The number of nitrogens with one attached hydrogen (secondary N) is 1. The van der Waals surface area contributed by atoms with Gasteiger partial charge < -0.3 is 14.8 Å². The van der Waals surface area contributed by atoms with Crippen LogP contribution >= 0.6 is 0 Å². The van der Waals surface area contributed by atoms with Gasteiger partial charge in [0.15, 0.2) is 0 Å². The van der Waals surface area contributed by atoms with Crippen molar-refractivity contribution in [3.05, 3.63) is 89.5 Å². The molecule has 2 N–H and O–H groups in total. The molecular weight excluding hydrogens is 450 g/mol. The molecule has 0 aliphatic rings. The van der Waals surface area contributed by atoms with Gasteiger partial charge in [-0.15, -0.1) is 0 Å². The molecule has 34 heavy (non-hydrogen) atoms. The van der Waals surface area contributed by atoms with E-state index in [1.807, 2.05) is 0 Å². The maximum atomic E-state index is 14.6. The molecule has 5 nitrogen and oxygen atoms in total. The first kappa shape index (κ1) is 22.0. The molecule has 5 aromatic rings. The Hall–Kier alpha value is -3.85. The number of ether oxygens (including phenoxy) is 1. The van der Waals surface area contributed by atoms with Gasteiger partial charge in [-0.25, -0.2) is 9.07 Å². The topological polar surface area (TPSA) is 63.1 Å². The largest absolute Gasteiger partial charge is 0.496 e. The second-order valence-corrected chi connectivity index (χ2v) is 8.03. The number of alkyl halides is 3. The number of methoxy groups -OCH3 is 1. The first-order valence-electron chi connectivity index (χ1n) is 10.3. The van der Waals surface area contributed by atoms with Crippen molar-refractivity contribution in [3.8, 4) is 11.4 Å². The molecule has 3 aromatic carbocycles. The standard InChI is InChI=1S/C25H19F4N3O2/c1-14-22(34-2)10-8-20-23(14)19(13-30-20)24(33,25(27,28)29)16-3-9-21-15(11-16)12-31-32(21)18-6-4-17(26)5-7-18/h3-13,30,33H,1-2H3. The summed E-state index contributed by atoms with van der Waals surface area (Å²) in [7, 11) is 1.43. The molecule has 0 aliphatic carbocycles. The zero-order valence-electron chi connectivity index (χ0n) is 18.1. The number of aromatic nitrogens is 3. The highest BCUT2D eigenvalue weighted by molar-refractivity contribution is 5.90. The van der Waals surface area contributed by atoms with Crippen LogP contribution in [0, 0.1) is 12.7 Å². The molecule has 0 fully saturated rings. The Morgan fingerprint density at radius 1 is 1.03 bits per heavy atom. The number of aromatic amines is 1. The van der Waals surface area contributed by atoms with Gasteiger partial charge in [0.05, 0.1) is 24.5 Å². The summed E-state index contributed by atoms with van der Waals surface area (Å²) in [5, 5.41) is 16.2. The number of halogens is 4. The maximum Gasteiger partial charge on any atom is 0.425 e. The highest BCUT2D eigenvalue weighted by atomic mass is 19.4. The van der Waals surface area contributed by atoms with Crippen molar-refractivity contribution in [1.29, 1.82) is 0 Å². The fourth-order valence-electron chi connectivity index (χ4n) is 4.41. The van der Waals surface area contributed by atoms with Crippen LogP contribution in [0.3, 0.4) is 0 Å². The van der Waals surface area contributed by atoms with Crippen LogP contribution in [0.4, 0.5) is 17.6 Å². The van der Waals surface area contributed by atoms with Crippen LogP contribution < -0.4 is 4.74 Å². The van der Waals surface area contributed by atoms with Crippen molar-refractivity contribution < 1.29 is 27.4 Å². The molecule has 0 saturated heterocycles. The van der Waals surface area contributed by atoms with E-state index in [2.05, 4.69) is 10.1 Å². The highest BCUT2D eigenvalue weighted by Gasteiger charge is 2.57. The van der Waals surface area contributed by atoms with Gasteiger partial charge in [-0.05, 0) is 61.0 Å². The SMILES string of the molecule is COc1ccc2[nH]cc(C(O)(c3ccc4c(cnn4-c4ccc(F)cc4)c3)C(F)(F)F)c2c1C. The summed E-state index contributed by atoms with van der Waals surface area (Å²) < 4.78 is 63.7. The van der Waals surface area contributed by atoms with Crippen molar-refractivity contribution >= 4 is 21.8 Å². The molecule has 2 aromatic heterocycles. The quantitative estimate of drug-likeness (QED) is 0.329. The normalized spacial score (nSPS) is 14.0. The molecule has 5 rings (SSSR count). The predicted octanol–water partition coefficient (Wildman–Crippen LogP) is 5.76. The third-order valence-electron chi connectivity index (χ3n) is 6.13. The predicted molar refractivity (Wildman–Crippen MR) is 120 cm³/mol. The number of aliphatic hydroxyl groups is 1. The summed E-state index contributed by atoms with van der Waals surface area (Å²) in [5.74, 6) is -0.00251. The molecule has 0 aliphatic heterocycles. The Bertz CT molecular complexity index is 1520. The number of benzene rings is 3. The molecule has 9 heteroatoms. The van der Waals surface area contributed by atoms with Gasteiger partial charge in [0, 0.05) is 33.6 Å². The summed E-state index contributed by atoms with van der Waals surface area (Å²) in [6, 6.07) is 12.8. The third kappa shape index (κ3) is 3.15. The van der Waals surface area contributed by atoms with Crippen molar-refractivity contribution in [2.75, 3.05) is 7.11 Å². The first-order chi connectivity index (χ1) is 16.1. The van der Waals surface area contributed by atoms with Crippen LogP contribution in [0.15, 0.2) is 67.0 Å². The molecule has 0 saturated carbocycles. The lowest BCUT2D eigenvalue weighted by Gasteiger charge is -2.31. The minimum atomic E-state index is -5.03. The van der Waals surface area contributed by atoms with Crippen LogP contribution in [0.5, 0.6) is 5.75 Å². The number of rotatable bonds is 4. The lowest BCUT2D eigenvalue weighted by molar-refractivity contribution is -0.247. The van der Waals surface area contributed by atoms with E-state index in [1.165, 1.54) is 66.6 Å². The maximum absolute atomic E-state index is 14.6. The number of hydrogen-bond donors (Lipinski definition) is 2. The summed E-state index contributed by atoms with van der Waals surface area (Å²) >= 11 is 0. The fraction of sp³-hybridized carbons (Fsp3) is 0.160. The Labute approximate surface area is 191 Å². The molecule has 2 heterocycles. The Kier molecular flexibility index (Phi) is 4.91. The van der Waals surface area contributed by atoms with Crippen molar-refractivity contribution in [1.82, 2.24) is 14.8 Å². The van der Waals surface area contributed by atoms with Crippen molar-refractivity contribution in [3.63, 3.8) is 0 Å². The summed E-state index contributed by atoms with van der Waals surface area (Å²) in [4.78, 5) is 2.83. The van der Waals surface area contributed by atoms with Gasteiger partial charge in [-0.1, -0.05) is 6.07 Å². The Morgan fingerprint density at radius 3 is 2.44 bits per heavy atom. The average molecular weight is 469 g/mol. The lowest BCUT2D eigenvalue weighted by atomic mass is 9.84. The molecular formula is C25H19F4N3O2. The number of aryl methyl sites for hydroxylation is 1. The van der Waals surface area contributed by atoms with Gasteiger partial charge in [0.25, 0.3) is 0 Å². The smallest absolute Gasteiger partial charge is 0.425 e. The number of H-pyrrole nitrogens is 1. The minimum Gasteiger partial charge on any atom is -0.496 e. The average Bonchev–Trinajstić information content (AvgIpc) is 3.43.